The van der Waals surface area contributed by atoms with Crippen LogP contribution in [0, 0.1) is 12.3 Å². The second-order valence-electron chi connectivity index (χ2n) is 5.56. The monoisotopic (exact) mass is 219 g/mol. The molecule has 16 heavy (non-hydrogen) atoms. The molecule has 1 aromatic rings. The quantitative estimate of drug-likeness (QED) is 0.623. The third kappa shape index (κ3) is 3.69. The molecule has 0 heterocycles. The summed E-state index contributed by atoms with van der Waals surface area (Å²) in [6.07, 6.45) is 1.52. The van der Waals surface area contributed by atoms with Gasteiger partial charge in [-0.15, -0.1) is 0 Å². The van der Waals surface area contributed by atoms with Gasteiger partial charge in [-0.1, -0.05) is 20.8 Å². The maximum Gasteiger partial charge on any atom is 0.162 e. The van der Waals surface area contributed by atoms with Gasteiger partial charge >= 0.3 is 0 Å². The predicted octanol–water partition coefficient (Wildman–Crippen LogP) is 3.59. The molecule has 2 nitrogen and oxygen atoms in total. The van der Waals surface area contributed by atoms with Crippen molar-refractivity contribution in [3.05, 3.63) is 29.3 Å². The molecule has 0 radical (unpaired) electrons. The first kappa shape index (κ1) is 12.8. The van der Waals surface area contributed by atoms with Crippen LogP contribution in [-0.4, -0.2) is 5.78 Å². The number of hydrogen-bond donors (Lipinski definition) is 1. The van der Waals surface area contributed by atoms with Crippen molar-refractivity contribution in [3.63, 3.8) is 0 Å². The minimum atomic E-state index is 0.207. The van der Waals surface area contributed by atoms with Crippen molar-refractivity contribution in [1.29, 1.82) is 0 Å². The van der Waals surface area contributed by atoms with Crippen LogP contribution in [0.15, 0.2) is 18.2 Å². The van der Waals surface area contributed by atoms with Gasteiger partial charge in [-0.2, -0.15) is 0 Å². The van der Waals surface area contributed by atoms with Crippen molar-refractivity contribution < 1.29 is 4.79 Å². The third-order valence-corrected chi connectivity index (χ3v) is 2.69. The van der Waals surface area contributed by atoms with Crippen LogP contribution in [0.3, 0.4) is 0 Å². The van der Waals surface area contributed by atoms with Gasteiger partial charge < -0.3 is 5.73 Å². The number of aryl methyl sites for hydroxylation is 1. The summed E-state index contributed by atoms with van der Waals surface area (Å²) < 4.78 is 0. The largest absolute Gasteiger partial charge is 0.399 e. The van der Waals surface area contributed by atoms with E-state index in [1.807, 2.05) is 19.1 Å². The molecule has 88 valence electrons. The van der Waals surface area contributed by atoms with Gasteiger partial charge in [0.15, 0.2) is 5.78 Å². The molecule has 0 aliphatic rings. The number of Topliss-reactive ketones (excluding diaryl/α,β-unsaturated/α-hetero) is 1. The van der Waals surface area contributed by atoms with Gasteiger partial charge in [-0.05, 0) is 42.5 Å². The summed E-state index contributed by atoms with van der Waals surface area (Å²) >= 11 is 0. The lowest BCUT2D eigenvalue weighted by molar-refractivity contribution is 0.0966. The summed E-state index contributed by atoms with van der Waals surface area (Å²) in [5.74, 6) is 0.207. The van der Waals surface area contributed by atoms with E-state index >= 15 is 0 Å². The zero-order valence-electron chi connectivity index (χ0n) is 10.6. The fourth-order valence-corrected chi connectivity index (χ4v) is 1.48. The van der Waals surface area contributed by atoms with Gasteiger partial charge in [-0.25, -0.2) is 0 Å². The van der Waals surface area contributed by atoms with Gasteiger partial charge in [0.05, 0.1) is 0 Å². The Morgan fingerprint density at radius 1 is 1.31 bits per heavy atom. The molecule has 0 aliphatic carbocycles. The topological polar surface area (TPSA) is 43.1 Å². The van der Waals surface area contributed by atoms with Crippen molar-refractivity contribution in [3.8, 4) is 0 Å². The molecule has 0 atom stereocenters. The molecule has 2 heteroatoms. The molecule has 0 saturated heterocycles. The smallest absolute Gasteiger partial charge is 0.162 e. The number of rotatable bonds is 3. The van der Waals surface area contributed by atoms with E-state index in [4.69, 9.17) is 5.73 Å². The van der Waals surface area contributed by atoms with Crippen molar-refractivity contribution in [1.82, 2.24) is 0 Å². The Labute approximate surface area is 97.9 Å². The Morgan fingerprint density at radius 2 is 1.94 bits per heavy atom. The number of ketones is 1. The standard InChI is InChI=1S/C14H21NO/c1-10-9-11(5-6-12(10)15)13(16)7-8-14(2,3)4/h5-6,9H,7-8,15H2,1-4H3. The summed E-state index contributed by atoms with van der Waals surface area (Å²) in [6.45, 7) is 8.37. The average Bonchev–Trinajstić information content (AvgIpc) is 2.17. The number of nitrogens with two attached hydrogens (primary N) is 1. The number of carbonyl (C=O) groups is 1. The van der Waals surface area contributed by atoms with Crippen LogP contribution in [0.2, 0.25) is 0 Å². The van der Waals surface area contributed by atoms with E-state index in [1.165, 1.54) is 0 Å². The van der Waals surface area contributed by atoms with E-state index in [0.29, 0.717) is 6.42 Å². The van der Waals surface area contributed by atoms with E-state index in [9.17, 15) is 4.79 Å². The summed E-state index contributed by atoms with van der Waals surface area (Å²) in [5.41, 5.74) is 8.42. The van der Waals surface area contributed by atoms with E-state index in [2.05, 4.69) is 20.8 Å². The van der Waals surface area contributed by atoms with Crippen LogP contribution in [0.4, 0.5) is 5.69 Å². The summed E-state index contributed by atoms with van der Waals surface area (Å²) in [7, 11) is 0. The lowest BCUT2D eigenvalue weighted by Gasteiger charge is -2.17. The highest BCUT2D eigenvalue weighted by Gasteiger charge is 2.14. The maximum absolute atomic E-state index is 11.9. The average molecular weight is 219 g/mol. The molecule has 0 fully saturated rings. The highest BCUT2D eigenvalue weighted by atomic mass is 16.1. The molecule has 1 aromatic carbocycles. The number of nitrogen functional groups attached to an aromatic ring is 1. The molecule has 0 saturated carbocycles. The summed E-state index contributed by atoms with van der Waals surface area (Å²) in [4.78, 5) is 11.9. The first-order chi connectivity index (χ1) is 7.29. The van der Waals surface area contributed by atoms with Gasteiger partial charge in [0, 0.05) is 17.7 Å². The first-order valence-corrected chi connectivity index (χ1v) is 5.69. The number of carbonyl (C=O) groups excluding carboxylic acids is 1. The second kappa shape index (κ2) is 4.69. The molecule has 0 spiro atoms. The van der Waals surface area contributed by atoms with Crippen LogP contribution in [0.25, 0.3) is 0 Å². The van der Waals surface area contributed by atoms with Crippen molar-refractivity contribution in [2.45, 2.75) is 40.5 Å². The van der Waals surface area contributed by atoms with Crippen molar-refractivity contribution in [2.75, 3.05) is 5.73 Å². The minimum Gasteiger partial charge on any atom is -0.399 e. The Kier molecular flexibility index (Phi) is 3.74. The van der Waals surface area contributed by atoms with Crippen molar-refractivity contribution >= 4 is 11.5 Å². The van der Waals surface area contributed by atoms with Gasteiger partial charge in [0.1, 0.15) is 0 Å². The first-order valence-electron chi connectivity index (χ1n) is 5.69. The predicted molar refractivity (Wildman–Crippen MR) is 68.6 cm³/mol. The van der Waals surface area contributed by atoms with Crippen LogP contribution in [-0.2, 0) is 0 Å². The third-order valence-electron chi connectivity index (χ3n) is 2.69. The highest BCUT2D eigenvalue weighted by molar-refractivity contribution is 5.96. The van der Waals surface area contributed by atoms with Crippen molar-refractivity contribution in [2.24, 2.45) is 5.41 Å². The number of anilines is 1. The molecule has 0 amide bonds. The van der Waals surface area contributed by atoms with Gasteiger partial charge in [0.25, 0.3) is 0 Å². The zero-order valence-corrected chi connectivity index (χ0v) is 10.6. The molecule has 2 N–H and O–H groups in total. The Bertz CT molecular complexity index is 388. The van der Waals surface area contributed by atoms with Gasteiger partial charge in [-0.3, -0.25) is 4.79 Å². The van der Waals surface area contributed by atoms with Crippen LogP contribution >= 0.6 is 0 Å². The Morgan fingerprint density at radius 3 is 2.44 bits per heavy atom. The van der Waals surface area contributed by atoms with E-state index in [1.54, 1.807) is 6.07 Å². The van der Waals surface area contributed by atoms with Crippen LogP contribution < -0.4 is 5.73 Å². The molecule has 0 aromatic heterocycles. The molecular weight excluding hydrogens is 198 g/mol. The number of hydrogen-bond acceptors (Lipinski definition) is 2. The minimum absolute atomic E-state index is 0.207. The zero-order chi connectivity index (χ0) is 12.3. The SMILES string of the molecule is Cc1cc(C(=O)CCC(C)(C)C)ccc1N. The van der Waals surface area contributed by atoms with E-state index in [0.717, 1.165) is 23.2 Å². The fraction of sp³-hybridized carbons (Fsp3) is 0.500. The normalized spacial score (nSPS) is 11.5. The molecule has 0 bridgehead atoms. The molecule has 0 unspecified atom stereocenters. The van der Waals surface area contributed by atoms with E-state index < -0.39 is 0 Å². The summed E-state index contributed by atoms with van der Waals surface area (Å²) in [5, 5.41) is 0. The summed E-state index contributed by atoms with van der Waals surface area (Å²) in [6, 6.07) is 5.49. The maximum atomic E-state index is 11.9. The lowest BCUT2D eigenvalue weighted by atomic mass is 9.88. The lowest BCUT2D eigenvalue weighted by Crippen LogP contribution is -2.09. The fourth-order valence-electron chi connectivity index (χ4n) is 1.48. The Balaban J connectivity index is 2.70. The number of benzene rings is 1. The van der Waals surface area contributed by atoms with Crippen LogP contribution in [0.1, 0.15) is 49.5 Å². The second-order valence-corrected chi connectivity index (χ2v) is 5.56. The van der Waals surface area contributed by atoms with E-state index in [-0.39, 0.29) is 11.2 Å². The molecule has 0 aliphatic heterocycles. The molecule has 1 rings (SSSR count). The molecular formula is C14H21NO. The van der Waals surface area contributed by atoms with Crippen LogP contribution in [0.5, 0.6) is 0 Å². The van der Waals surface area contributed by atoms with Gasteiger partial charge in [0.2, 0.25) is 0 Å². The highest BCUT2D eigenvalue weighted by Crippen LogP contribution is 2.22. The Hall–Kier alpha value is -1.31.